The van der Waals surface area contributed by atoms with Crippen LogP contribution in [0.4, 0.5) is 11.4 Å². The molecule has 4 nitrogen and oxygen atoms in total. The zero-order valence-corrected chi connectivity index (χ0v) is 12.7. The molecule has 0 aliphatic carbocycles. The molecule has 114 valence electrons. The molecule has 1 N–H and O–H groups in total. The fourth-order valence-electron chi connectivity index (χ4n) is 2.46. The monoisotopic (exact) mass is 288 g/mol. The summed E-state index contributed by atoms with van der Waals surface area (Å²) in [6.07, 6.45) is 7.16. The minimum Gasteiger partial charge on any atom is -0.463 e. The van der Waals surface area contributed by atoms with Gasteiger partial charge in [0.15, 0.2) is 0 Å². The molecule has 0 aromatic heterocycles. The smallest absolute Gasteiger partial charge is 0.330 e. The first-order chi connectivity index (χ1) is 10.3. The first-order valence-electron chi connectivity index (χ1n) is 7.72. The van der Waals surface area contributed by atoms with Crippen LogP contribution in [0.1, 0.15) is 26.2 Å². The number of piperidine rings is 1. The molecule has 1 heterocycles. The van der Waals surface area contributed by atoms with Crippen molar-refractivity contribution >= 4 is 17.3 Å². The number of carbonyl (C=O) groups is 1. The van der Waals surface area contributed by atoms with Gasteiger partial charge in [-0.25, -0.2) is 4.79 Å². The van der Waals surface area contributed by atoms with E-state index in [0.29, 0.717) is 13.2 Å². The highest BCUT2D eigenvalue weighted by Crippen LogP contribution is 2.21. The predicted molar refractivity (Wildman–Crippen MR) is 86.8 cm³/mol. The van der Waals surface area contributed by atoms with Crippen LogP contribution in [0.3, 0.4) is 0 Å². The summed E-state index contributed by atoms with van der Waals surface area (Å²) in [5.41, 5.74) is 2.35. The second-order valence-electron chi connectivity index (χ2n) is 5.13. The molecule has 1 saturated heterocycles. The number of benzene rings is 1. The van der Waals surface area contributed by atoms with Crippen molar-refractivity contribution in [1.29, 1.82) is 0 Å². The lowest BCUT2D eigenvalue weighted by Crippen LogP contribution is -2.29. The van der Waals surface area contributed by atoms with Crippen molar-refractivity contribution in [2.45, 2.75) is 26.2 Å². The molecular weight excluding hydrogens is 264 g/mol. The van der Waals surface area contributed by atoms with Crippen LogP contribution in [0.5, 0.6) is 0 Å². The van der Waals surface area contributed by atoms with E-state index in [0.717, 1.165) is 18.8 Å². The van der Waals surface area contributed by atoms with E-state index in [9.17, 15) is 4.79 Å². The van der Waals surface area contributed by atoms with Gasteiger partial charge in [-0.2, -0.15) is 0 Å². The van der Waals surface area contributed by atoms with Crippen molar-refractivity contribution in [3.05, 3.63) is 36.4 Å². The zero-order chi connectivity index (χ0) is 14.9. The topological polar surface area (TPSA) is 41.6 Å². The van der Waals surface area contributed by atoms with Crippen LogP contribution >= 0.6 is 0 Å². The molecule has 0 unspecified atom stereocenters. The van der Waals surface area contributed by atoms with E-state index < -0.39 is 0 Å². The van der Waals surface area contributed by atoms with Gasteiger partial charge in [0.2, 0.25) is 0 Å². The Bertz CT molecular complexity index is 462. The van der Waals surface area contributed by atoms with E-state index in [4.69, 9.17) is 4.74 Å². The lowest BCUT2D eigenvalue weighted by Gasteiger charge is -2.28. The molecule has 0 bridgehead atoms. The predicted octanol–water partition coefficient (Wildman–Crippen LogP) is 3.21. The number of ether oxygens (including phenoxy) is 1. The van der Waals surface area contributed by atoms with Crippen molar-refractivity contribution in [2.24, 2.45) is 0 Å². The van der Waals surface area contributed by atoms with Gasteiger partial charge >= 0.3 is 5.97 Å². The lowest BCUT2D eigenvalue weighted by atomic mass is 10.1. The Balaban J connectivity index is 1.78. The Morgan fingerprint density at radius 2 is 1.95 bits per heavy atom. The first-order valence-corrected chi connectivity index (χ1v) is 7.72. The van der Waals surface area contributed by atoms with Crippen LogP contribution in [-0.2, 0) is 9.53 Å². The molecular formula is C17H24N2O2. The molecule has 2 rings (SSSR count). The van der Waals surface area contributed by atoms with Gasteiger partial charge in [-0.05, 0) is 50.5 Å². The molecule has 0 radical (unpaired) electrons. The highest BCUT2D eigenvalue weighted by molar-refractivity contribution is 5.81. The van der Waals surface area contributed by atoms with Gasteiger partial charge in [0, 0.05) is 37.1 Å². The summed E-state index contributed by atoms with van der Waals surface area (Å²) in [7, 11) is 0. The van der Waals surface area contributed by atoms with Crippen LogP contribution in [0.25, 0.3) is 0 Å². The van der Waals surface area contributed by atoms with Crippen molar-refractivity contribution in [1.82, 2.24) is 0 Å². The summed E-state index contributed by atoms with van der Waals surface area (Å²) in [6.45, 7) is 5.15. The van der Waals surface area contributed by atoms with E-state index in [-0.39, 0.29) is 5.97 Å². The zero-order valence-electron chi connectivity index (χ0n) is 12.7. The standard InChI is InChI=1S/C17H24N2O2/c1-2-21-17(20)7-6-12-18-15-8-10-16(11-9-15)19-13-4-3-5-14-19/h6-11,18H,2-5,12-14H2,1H3/b7-6+. The Labute approximate surface area is 126 Å². The summed E-state index contributed by atoms with van der Waals surface area (Å²) < 4.78 is 4.82. The highest BCUT2D eigenvalue weighted by Gasteiger charge is 2.10. The van der Waals surface area contributed by atoms with Crippen molar-refractivity contribution in [3.8, 4) is 0 Å². The lowest BCUT2D eigenvalue weighted by molar-refractivity contribution is -0.137. The third kappa shape index (κ3) is 5.14. The molecule has 0 amide bonds. The van der Waals surface area contributed by atoms with E-state index in [1.54, 1.807) is 13.0 Å². The van der Waals surface area contributed by atoms with Gasteiger partial charge in [-0.15, -0.1) is 0 Å². The Morgan fingerprint density at radius 1 is 1.24 bits per heavy atom. The number of rotatable bonds is 6. The summed E-state index contributed by atoms with van der Waals surface area (Å²) in [5.74, 6) is -0.292. The minimum atomic E-state index is -0.292. The quantitative estimate of drug-likeness (QED) is 0.644. The molecule has 1 aromatic carbocycles. The maximum atomic E-state index is 11.1. The molecule has 21 heavy (non-hydrogen) atoms. The fourth-order valence-corrected chi connectivity index (χ4v) is 2.46. The third-order valence-corrected chi connectivity index (χ3v) is 3.55. The normalized spacial score (nSPS) is 15.2. The Hall–Kier alpha value is -1.97. The van der Waals surface area contributed by atoms with Gasteiger partial charge in [0.25, 0.3) is 0 Å². The van der Waals surface area contributed by atoms with Gasteiger partial charge in [-0.3, -0.25) is 0 Å². The average Bonchev–Trinajstić information content (AvgIpc) is 2.53. The number of esters is 1. The second-order valence-corrected chi connectivity index (χ2v) is 5.13. The van der Waals surface area contributed by atoms with E-state index in [1.165, 1.54) is 31.0 Å². The first kappa shape index (κ1) is 15.4. The Kier molecular flexibility index (Phi) is 6.13. The molecule has 4 heteroatoms. The Morgan fingerprint density at radius 3 is 2.62 bits per heavy atom. The van der Waals surface area contributed by atoms with E-state index in [2.05, 4.69) is 34.5 Å². The number of nitrogens with one attached hydrogen (secondary N) is 1. The highest BCUT2D eigenvalue weighted by atomic mass is 16.5. The van der Waals surface area contributed by atoms with Crippen LogP contribution < -0.4 is 10.2 Å². The van der Waals surface area contributed by atoms with Gasteiger partial charge < -0.3 is 15.0 Å². The van der Waals surface area contributed by atoms with Crippen LogP contribution in [0.15, 0.2) is 36.4 Å². The van der Waals surface area contributed by atoms with Crippen LogP contribution in [0.2, 0.25) is 0 Å². The maximum absolute atomic E-state index is 11.1. The van der Waals surface area contributed by atoms with Crippen molar-refractivity contribution < 1.29 is 9.53 Å². The second kappa shape index (κ2) is 8.35. The summed E-state index contributed by atoms with van der Waals surface area (Å²) in [6, 6.07) is 8.48. The molecule has 1 aliphatic rings. The van der Waals surface area contributed by atoms with Gasteiger partial charge in [0.1, 0.15) is 0 Å². The average molecular weight is 288 g/mol. The van der Waals surface area contributed by atoms with Gasteiger partial charge in [-0.1, -0.05) is 6.08 Å². The summed E-state index contributed by atoms with van der Waals surface area (Å²) in [5, 5.41) is 3.26. The van der Waals surface area contributed by atoms with Crippen LogP contribution in [-0.4, -0.2) is 32.2 Å². The number of hydrogen-bond acceptors (Lipinski definition) is 4. The van der Waals surface area contributed by atoms with Crippen LogP contribution in [0, 0.1) is 0 Å². The van der Waals surface area contributed by atoms with E-state index >= 15 is 0 Å². The SMILES string of the molecule is CCOC(=O)/C=C/CNc1ccc(N2CCCCC2)cc1. The molecule has 1 aromatic rings. The molecule has 0 atom stereocenters. The largest absolute Gasteiger partial charge is 0.463 e. The van der Waals surface area contributed by atoms with Gasteiger partial charge in [0.05, 0.1) is 6.61 Å². The fraction of sp³-hybridized carbons (Fsp3) is 0.471. The number of nitrogens with zero attached hydrogens (tertiary/aromatic N) is 1. The number of hydrogen-bond donors (Lipinski definition) is 1. The molecule has 0 saturated carbocycles. The van der Waals surface area contributed by atoms with Crippen molar-refractivity contribution in [2.75, 3.05) is 36.5 Å². The van der Waals surface area contributed by atoms with Crippen molar-refractivity contribution in [3.63, 3.8) is 0 Å². The summed E-state index contributed by atoms with van der Waals surface area (Å²) >= 11 is 0. The minimum absolute atomic E-state index is 0.292. The van der Waals surface area contributed by atoms with E-state index in [1.807, 2.05) is 0 Å². The number of carbonyl (C=O) groups excluding carboxylic acids is 1. The number of anilines is 2. The molecule has 1 fully saturated rings. The third-order valence-electron chi connectivity index (χ3n) is 3.55. The maximum Gasteiger partial charge on any atom is 0.330 e. The molecule has 1 aliphatic heterocycles. The molecule has 0 spiro atoms. The summed E-state index contributed by atoms with van der Waals surface area (Å²) in [4.78, 5) is 13.6.